The average Bonchev–Trinajstić information content (AvgIpc) is 2.50. The maximum atomic E-state index is 11.8. The molecule has 22 heavy (non-hydrogen) atoms. The summed E-state index contributed by atoms with van der Waals surface area (Å²) in [5.74, 6) is -0.996. The molecule has 0 spiro atoms. The predicted octanol–water partition coefficient (Wildman–Crippen LogP) is 2.83. The van der Waals surface area contributed by atoms with E-state index in [4.69, 9.17) is 16.7 Å². The maximum absolute atomic E-state index is 11.8. The number of halogens is 1. The highest BCUT2D eigenvalue weighted by atomic mass is 35.5. The summed E-state index contributed by atoms with van der Waals surface area (Å²) in [7, 11) is 0. The van der Waals surface area contributed by atoms with E-state index in [1.807, 2.05) is 24.3 Å². The highest BCUT2D eigenvalue weighted by molar-refractivity contribution is 6.31. The lowest BCUT2D eigenvalue weighted by Crippen LogP contribution is -2.44. The summed E-state index contributed by atoms with van der Waals surface area (Å²) in [6, 6.07) is 7.43. The number of nitrogens with one attached hydrogen (secondary N) is 2. The fourth-order valence-corrected chi connectivity index (χ4v) is 2.96. The van der Waals surface area contributed by atoms with Crippen LogP contribution in [-0.2, 0) is 11.2 Å². The molecule has 0 saturated heterocycles. The first-order valence-corrected chi connectivity index (χ1v) is 7.94. The van der Waals surface area contributed by atoms with Crippen molar-refractivity contribution in [2.24, 2.45) is 5.92 Å². The normalized spacial score (nSPS) is 21.1. The van der Waals surface area contributed by atoms with E-state index in [-0.39, 0.29) is 18.0 Å². The number of carboxylic acid groups (broad SMARTS) is 1. The third kappa shape index (κ3) is 4.91. The van der Waals surface area contributed by atoms with Gasteiger partial charge >= 0.3 is 12.0 Å². The van der Waals surface area contributed by atoms with Crippen molar-refractivity contribution in [1.82, 2.24) is 10.6 Å². The van der Waals surface area contributed by atoms with Crippen molar-refractivity contribution in [3.05, 3.63) is 34.9 Å². The number of carbonyl (C=O) groups is 2. The summed E-state index contributed by atoms with van der Waals surface area (Å²) < 4.78 is 0. The van der Waals surface area contributed by atoms with E-state index < -0.39 is 5.97 Å². The number of benzene rings is 1. The van der Waals surface area contributed by atoms with E-state index in [1.165, 1.54) is 0 Å². The molecule has 2 rings (SSSR count). The number of hydrogen-bond acceptors (Lipinski definition) is 2. The van der Waals surface area contributed by atoms with Crippen molar-refractivity contribution in [3.8, 4) is 0 Å². The van der Waals surface area contributed by atoms with Crippen LogP contribution in [0.3, 0.4) is 0 Å². The molecule has 1 saturated carbocycles. The molecule has 5 nitrogen and oxygen atoms in total. The summed E-state index contributed by atoms with van der Waals surface area (Å²) in [5, 5.41) is 15.4. The number of carbonyl (C=O) groups excluding carboxylic acids is 1. The van der Waals surface area contributed by atoms with Crippen molar-refractivity contribution in [3.63, 3.8) is 0 Å². The average molecular weight is 325 g/mol. The van der Waals surface area contributed by atoms with E-state index in [9.17, 15) is 9.59 Å². The van der Waals surface area contributed by atoms with Crippen molar-refractivity contribution < 1.29 is 14.7 Å². The van der Waals surface area contributed by atoms with Gasteiger partial charge in [-0.25, -0.2) is 4.79 Å². The molecule has 2 amide bonds. The molecule has 1 aliphatic rings. The van der Waals surface area contributed by atoms with Crippen molar-refractivity contribution in [1.29, 1.82) is 0 Å². The summed E-state index contributed by atoms with van der Waals surface area (Å²) in [4.78, 5) is 22.7. The van der Waals surface area contributed by atoms with Gasteiger partial charge in [0.2, 0.25) is 0 Å². The number of urea groups is 1. The Morgan fingerprint density at radius 3 is 2.50 bits per heavy atom. The SMILES string of the molecule is O=C(NCCc1ccccc1Cl)NC1CCC(C(=O)O)CC1. The number of rotatable bonds is 5. The highest BCUT2D eigenvalue weighted by Gasteiger charge is 2.26. The van der Waals surface area contributed by atoms with Gasteiger partial charge in [-0.3, -0.25) is 4.79 Å². The van der Waals surface area contributed by atoms with Gasteiger partial charge in [0.1, 0.15) is 0 Å². The molecular weight excluding hydrogens is 304 g/mol. The first-order valence-electron chi connectivity index (χ1n) is 7.57. The Balaban J connectivity index is 1.66. The van der Waals surface area contributed by atoms with Gasteiger partial charge < -0.3 is 15.7 Å². The smallest absolute Gasteiger partial charge is 0.315 e. The first kappa shape index (κ1) is 16.6. The topological polar surface area (TPSA) is 78.4 Å². The Morgan fingerprint density at radius 1 is 1.18 bits per heavy atom. The van der Waals surface area contributed by atoms with Crippen molar-refractivity contribution in [2.75, 3.05) is 6.54 Å². The number of amides is 2. The van der Waals surface area contributed by atoms with Gasteiger partial charge in [-0.05, 0) is 43.7 Å². The van der Waals surface area contributed by atoms with Crippen LogP contribution < -0.4 is 10.6 Å². The van der Waals surface area contributed by atoms with E-state index >= 15 is 0 Å². The minimum absolute atomic E-state index is 0.0657. The molecule has 0 aromatic heterocycles. The summed E-state index contributed by atoms with van der Waals surface area (Å²) in [6.07, 6.45) is 3.36. The lowest BCUT2D eigenvalue weighted by molar-refractivity contribution is -0.142. The lowest BCUT2D eigenvalue weighted by Gasteiger charge is -2.26. The minimum atomic E-state index is -0.734. The number of aliphatic carboxylic acids is 1. The number of hydrogen-bond donors (Lipinski definition) is 3. The second kappa shape index (κ2) is 8.03. The molecule has 120 valence electrons. The molecule has 6 heteroatoms. The van der Waals surface area contributed by atoms with Crippen LogP contribution in [0.5, 0.6) is 0 Å². The lowest BCUT2D eigenvalue weighted by atomic mass is 9.86. The van der Waals surface area contributed by atoms with Crippen LogP contribution in [0, 0.1) is 5.92 Å². The highest BCUT2D eigenvalue weighted by Crippen LogP contribution is 2.24. The van der Waals surface area contributed by atoms with E-state index in [2.05, 4.69) is 10.6 Å². The van der Waals surface area contributed by atoms with Crippen LogP contribution in [0.4, 0.5) is 4.79 Å². The Labute approximate surface area is 135 Å². The maximum Gasteiger partial charge on any atom is 0.315 e. The van der Waals surface area contributed by atoms with E-state index in [0.717, 1.165) is 18.4 Å². The zero-order chi connectivity index (χ0) is 15.9. The van der Waals surface area contributed by atoms with E-state index in [1.54, 1.807) is 0 Å². The van der Waals surface area contributed by atoms with Crippen molar-refractivity contribution >= 4 is 23.6 Å². The summed E-state index contributed by atoms with van der Waals surface area (Å²) in [5.41, 5.74) is 1.01. The second-order valence-corrected chi connectivity index (χ2v) is 6.04. The van der Waals surface area contributed by atoms with Gasteiger partial charge in [0.15, 0.2) is 0 Å². The molecule has 0 atom stereocenters. The molecule has 0 heterocycles. The molecule has 1 aromatic rings. The predicted molar refractivity (Wildman–Crippen MR) is 85.1 cm³/mol. The summed E-state index contributed by atoms with van der Waals surface area (Å²) >= 11 is 6.06. The standard InChI is InChI=1S/C16H21ClN2O3/c17-14-4-2-1-3-11(14)9-10-18-16(22)19-13-7-5-12(6-8-13)15(20)21/h1-4,12-13H,5-10H2,(H,20,21)(H2,18,19,22). The molecule has 3 N–H and O–H groups in total. The third-order valence-electron chi connectivity index (χ3n) is 4.05. The van der Waals surface area contributed by atoms with Gasteiger partial charge in [0.05, 0.1) is 5.92 Å². The molecule has 0 unspecified atom stereocenters. The van der Waals surface area contributed by atoms with Crippen LogP contribution in [0.1, 0.15) is 31.2 Å². The largest absolute Gasteiger partial charge is 0.481 e. The Bertz CT molecular complexity index is 528. The zero-order valence-corrected chi connectivity index (χ0v) is 13.1. The Hall–Kier alpha value is -1.75. The van der Waals surface area contributed by atoms with Crippen LogP contribution in [0.15, 0.2) is 24.3 Å². The van der Waals surface area contributed by atoms with Gasteiger partial charge in [-0.15, -0.1) is 0 Å². The number of carboxylic acids is 1. The van der Waals surface area contributed by atoms with Crippen LogP contribution in [0.25, 0.3) is 0 Å². The molecule has 1 fully saturated rings. The Kier molecular flexibility index (Phi) is 6.07. The van der Waals surface area contributed by atoms with E-state index in [0.29, 0.717) is 30.8 Å². The van der Waals surface area contributed by atoms with Crippen LogP contribution in [0.2, 0.25) is 5.02 Å². The minimum Gasteiger partial charge on any atom is -0.481 e. The van der Waals surface area contributed by atoms with Gasteiger partial charge in [0.25, 0.3) is 0 Å². The second-order valence-electron chi connectivity index (χ2n) is 5.63. The zero-order valence-electron chi connectivity index (χ0n) is 12.3. The fourth-order valence-electron chi connectivity index (χ4n) is 2.73. The van der Waals surface area contributed by atoms with Gasteiger partial charge in [0, 0.05) is 17.6 Å². The molecule has 0 radical (unpaired) electrons. The quantitative estimate of drug-likeness (QED) is 0.779. The molecule has 0 bridgehead atoms. The van der Waals surface area contributed by atoms with Crippen molar-refractivity contribution in [2.45, 2.75) is 38.1 Å². The molecule has 1 aromatic carbocycles. The first-order chi connectivity index (χ1) is 10.6. The molecule has 0 aliphatic heterocycles. The molecular formula is C16H21ClN2O3. The van der Waals surface area contributed by atoms with Gasteiger partial charge in [-0.1, -0.05) is 29.8 Å². The van der Waals surface area contributed by atoms with Crippen LogP contribution in [-0.4, -0.2) is 29.7 Å². The fraction of sp³-hybridized carbons (Fsp3) is 0.500. The Morgan fingerprint density at radius 2 is 1.86 bits per heavy atom. The summed E-state index contributed by atoms with van der Waals surface area (Å²) in [6.45, 7) is 0.514. The van der Waals surface area contributed by atoms with Crippen LogP contribution >= 0.6 is 11.6 Å². The monoisotopic (exact) mass is 324 g/mol. The van der Waals surface area contributed by atoms with Gasteiger partial charge in [-0.2, -0.15) is 0 Å². The molecule has 1 aliphatic carbocycles. The third-order valence-corrected chi connectivity index (χ3v) is 4.42.